The number of piperidine rings is 1. The standard InChI is InChI=1S/C21H21N5O4S/c27-19(22-16-7-9-17(10-8-16)25-11-2-1-3-12-25)14-31-21-24-23-20(30-21)15-5-4-6-18(13-15)26(28)29/h4-10,13H,1-3,11-12,14H2,(H,22,27). The lowest BCUT2D eigenvalue weighted by Crippen LogP contribution is -2.29. The molecule has 3 aromatic rings. The molecule has 0 aliphatic carbocycles. The summed E-state index contributed by atoms with van der Waals surface area (Å²) in [6.07, 6.45) is 3.72. The number of thioether (sulfide) groups is 1. The average molecular weight is 439 g/mol. The first kappa shape index (κ1) is 20.9. The van der Waals surface area contributed by atoms with Crippen molar-refractivity contribution in [2.24, 2.45) is 0 Å². The van der Waals surface area contributed by atoms with Gasteiger partial charge in [0.1, 0.15) is 0 Å². The van der Waals surface area contributed by atoms with E-state index in [-0.39, 0.29) is 28.5 Å². The van der Waals surface area contributed by atoms with Gasteiger partial charge in [0, 0.05) is 42.2 Å². The highest BCUT2D eigenvalue weighted by molar-refractivity contribution is 7.99. The zero-order valence-electron chi connectivity index (χ0n) is 16.7. The van der Waals surface area contributed by atoms with Crippen molar-refractivity contribution < 1.29 is 14.1 Å². The lowest BCUT2D eigenvalue weighted by molar-refractivity contribution is -0.384. The summed E-state index contributed by atoms with van der Waals surface area (Å²) in [5.74, 6) is 0.0792. The third kappa shape index (κ3) is 5.40. The van der Waals surface area contributed by atoms with Gasteiger partial charge in [-0.05, 0) is 49.6 Å². The number of hydrogen-bond acceptors (Lipinski definition) is 8. The molecule has 0 saturated carbocycles. The molecule has 0 spiro atoms. The van der Waals surface area contributed by atoms with Crippen molar-refractivity contribution in [3.63, 3.8) is 0 Å². The number of amides is 1. The molecule has 1 aliphatic rings. The van der Waals surface area contributed by atoms with E-state index >= 15 is 0 Å². The summed E-state index contributed by atoms with van der Waals surface area (Å²) in [5, 5.41) is 21.8. The molecule has 0 atom stereocenters. The maximum atomic E-state index is 12.3. The maximum Gasteiger partial charge on any atom is 0.277 e. The monoisotopic (exact) mass is 439 g/mol. The Morgan fingerprint density at radius 2 is 1.90 bits per heavy atom. The molecule has 2 heterocycles. The molecule has 10 heteroatoms. The van der Waals surface area contributed by atoms with Crippen molar-refractivity contribution in [2.45, 2.75) is 24.5 Å². The number of nitro benzene ring substituents is 1. The van der Waals surface area contributed by atoms with Crippen molar-refractivity contribution >= 4 is 34.7 Å². The number of carbonyl (C=O) groups excluding carboxylic acids is 1. The van der Waals surface area contributed by atoms with Crippen molar-refractivity contribution in [3.8, 4) is 11.5 Å². The Morgan fingerprint density at radius 3 is 2.65 bits per heavy atom. The lowest BCUT2D eigenvalue weighted by atomic mass is 10.1. The van der Waals surface area contributed by atoms with Gasteiger partial charge >= 0.3 is 0 Å². The van der Waals surface area contributed by atoms with Gasteiger partial charge in [-0.25, -0.2) is 0 Å². The Morgan fingerprint density at radius 1 is 1.13 bits per heavy atom. The average Bonchev–Trinajstić information content (AvgIpc) is 3.28. The molecule has 160 valence electrons. The second-order valence-corrected chi connectivity index (χ2v) is 8.04. The van der Waals surface area contributed by atoms with Gasteiger partial charge in [-0.1, -0.05) is 17.8 Å². The van der Waals surface area contributed by atoms with Crippen LogP contribution in [0.25, 0.3) is 11.5 Å². The summed E-state index contributed by atoms with van der Waals surface area (Å²) in [4.78, 5) is 25.0. The van der Waals surface area contributed by atoms with Crippen LogP contribution in [0, 0.1) is 10.1 Å². The second-order valence-electron chi connectivity index (χ2n) is 7.11. The van der Waals surface area contributed by atoms with Crippen LogP contribution < -0.4 is 10.2 Å². The predicted molar refractivity (Wildman–Crippen MR) is 118 cm³/mol. The zero-order valence-corrected chi connectivity index (χ0v) is 17.5. The van der Waals surface area contributed by atoms with Crippen LogP contribution in [0.2, 0.25) is 0 Å². The second kappa shape index (κ2) is 9.61. The summed E-state index contributed by atoms with van der Waals surface area (Å²) < 4.78 is 5.52. The van der Waals surface area contributed by atoms with E-state index in [2.05, 4.69) is 20.4 Å². The molecule has 1 fully saturated rings. The molecule has 1 saturated heterocycles. The van der Waals surface area contributed by atoms with Gasteiger partial charge in [0.05, 0.1) is 10.7 Å². The summed E-state index contributed by atoms with van der Waals surface area (Å²) in [6, 6.07) is 13.8. The van der Waals surface area contributed by atoms with Gasteiger partial charge in [-0.3, -0.25) is 14.9 Å². The third-order valence-electron chi connectivity index (χ3n) is 4.91. The first-order chi connectivity index (χ1) is 15.1. The number of nitro groups is 1. The van der Waals surface area contributed by atoms with Crippen molar-refractivity contribution in [1.29, 1.82) is 0 Å². The van der Waals surface area contributed by atoms with Crippen LogP contribution in [0.4, 0.5) is 17.1 Å². The number of hydrogen-bond donors (Lipinski definition) is 1. The fraction of sp³-hybridized carbons (Fsp3) is 0.286. The first-order valence-corrected chi connectivity index (χ1v) is 10.9. The zero-order chi connectivity index (χ0) is 21.6. The Hall–Kier alpha value is -3.40. The molecule has 1 N–H and O–H groups in total. The van der Waals surface area contributed by atoms with E-state index in [1.54, 1.807) is 12.1 Å². The number of benzene rings is 2. The predicted octanol–water partition coefficient (Wildman–Crippen LogP) is 4.37. The van der Waals surface area contributed by atoms with Crippen LogP contribution in [-0.2, 0) is 4.79 Å². The number of carbonyl (C=O) groups is 1. The molecule has 1 amide bonds. The lowest BCUT2D eigenvalue weighted by Gasteiger charge is -2.28. The summed E-state index contributed by atoms with van der Waals surface area (Å²) in [7, 11) is 0. The number of non-ortho nitro benzene ring substituents is 1. The van der Waals surface area contributed by atoms with E-state index in [4.69, 9.17) is 4.42 Å². The van der Waals surface area contributed by atoms with Gasteiger partial charge in [-0.15, -0.1) is 10.2 Å². The minimum absolute atomic E-state index is 0.0596. The number of aromatic nitrogens is 2. The van der Waals surface area contributed by atoms with Crippen molar-refractivity contribution in [2.75, 3.05) is 29.1 Å². The minimum Gasteiger partial charge on any atom is -0.411 e. The summed E-state index contributed by atoms with van der Waals surface area (Å²) >= 11 is 1.11. The van der Waals surface area contributed by atoms with Gasteiger partial charge in [-0.2, -0.15) is 0 Å². The smallest absolute Gasteiger partial charge is 0.277 e. The molecule has 1 aliphatic heterocycles. The SMILES string of the molecule is O=C(CSc1nnc(-c2cccc([N+](=O)[O-])c2)o1)Nc1ccc(N2CCCCC2)cc1. The fourth-order valence-electron chi connectivity index (χ4n) is 3.37. The van der Waals surface area contributed by atoms with E-state index in [0.29, 0.717) is 5.56 Å². The number of rotatable bonds is 7. The Labute approximate surface area is 183 Å². The highest BCUT2D eigenvalue weighted by atomic mass is 32.2. The topological polar surface area (TPSA) is 114 Å². The van der Waals surface area contributed by atoms with Crippen LogP contribution in [-0.4, -0.2) is 39.9 Å². The van der Waals surface area contributed by atoms with Crippen LogP contribution in [0.3, 0.4) is 0 Å². The van der Waals surface area contributed by atoms with Crippen molar-refractivity contribution in [1.82, 2.24) is 10.2 Å². The Balaban J connectivity index is 1.30. The molecule has 4 rings (SSSR count). The fourth-order valence-corrected chi connectivity index (χ4v) is 3.93. The molecule has 1 aromatic heterocycles. The van der Waals surface area contributed by atoms with E-state index in [9.17, 15) is 14.9 Å². The number of nitrogens with zero attached hydrogens (tertiary/aromatic N) is 4. The maximum absolute atomic E-state index is 12.3. The summed E-state index contributed by atoms with van der Waals surface area (Å²) in [5.41, 5.74) is 2.29. The Kier molecular flexibility index (Phi) is 6.46. The van der Waals surface area contributed by atoms with Crippen LogP contribution in [0.15, 0.2) is 58.2 Å². The van der Waals surface area contributed by atoms with Gasteiger partial charge in [0.2, 0.25) is 11.8 Å². The number of nitrogens with one attached hydrogen (secondary N) is 1. The molecular formula is C21H21N5O4S. The van der Waals surface area contributed by atoms with Gasteiger partial charge in [0.15, 0.2) is 0 Å². The molecule has 9 nitrogen and oxygen atoms in total. The first-order valence-electron chi connectivity index (χ1n) is 9.94. The normalized spacial score (nSPS) is 13.7. The highest BCUT2D eigenvalue weighted by Gasteiger charge is 2.15. The van der Waals surface area contributed by atoms with Crippen LogP contribution in [0.1, 0.15) is 19.3 Å². The van der Waals surface area contributed by atoms with E-state index in [1.807, 2.05) is 24.3 Å². The van der Waals surface area contributed by atoms with E-state index in [0.717, 1.165) is 30.5 Å². The molecule has 0 unspecified atom stereocenters. The van der Waals surface area contributed by atoms with Gasteiger partial charge in [0.25, 0.3) is 10.9 Å². The van der Waals surface area contributed by atoms with E-state index in [1.165, 1.54) is 37.1 Å². The van der Waals surface area contributed by atoms with E-state index < -0.39 is 4.92 Å². The van der Waals surface area contributed by atoms with Gasteiger partial charge < -0.3 is 14.6 Å². The molecule has 2 aromatic carbocycles. The quantitative estimate of drug-likeness (QED) is 0.328. The molecular weight excluding hydrogens is 418 g/mol. The molecule has 0 bridgehead atoms. The minimum atomic E-state index is -0.487. The highest BCUT2D eigenvalue weighted by Crippen LogP contribution is 2.26. The summed E-state index contributed by atoms with van der Waals surface area (Å²) in [6.45, 7) is 2.15. The van der Waals surface area contributed by atoms with Crippen LogP contribution >= 0.6 is 11.8 Å². The molecule has 31 heavy (non-hydrogen) atoms. The van der Waals surface area contributed by atoms with Crippen molar-refractivity contribution in [3.05, 3.63) is 58.6 Å². The Bertz CT molecular complexity index is 1060. The number of anilines is 2. The third-order valence-corrected chi connectivity index (χ3v) is 5.73. The molecule has 0 radical (unpaired) electrons. The largest absolute Gasteiger partial charge is 0.411 e. The van der Waals surface area contributed by atoms with Crippen LogP contribution in [0.5, 0.6) is 0 Å².